The second-order valence-corrected chi connectivity index (χ2v) is 5.87. The van der Waals surface area contributed by atoms with Crippen molar-refractivity contribution in [2.75, 3.05) is 13.6 Å². The summed E-state index contributed by atoms with van der Waals surface area (Å²) in [4.78, 5) is 2.50. The summed E-state index contributed by atoms with van der Waals surface area (Å²) in [5.41, 5.74) is 1.50. The minimum Gasteiger partial charge on any atom is -0.299 e. The van der Waals surface area contributed by atoms with E-state index in [0.717, 1.165) is 0 Å². The van der Waals surface area contributed by atoms with Crippen LogP contribution in [0, 0.1) is 0 Å². The van der Waals surface area contributed by atoms with Crippen molar-refractivity contribution in [3.8, 4) is 0 Å². The molecule has 1 heteroatoms. The van der Waals surface area contributed by atoms with Gasteiger partial charge in [-0.2, -0.15) is 0 Å². The maximum atomic E-state index is 2.50. The van der Waals surface area contributed by atoms with Gasteiger partial charge < -0.3 is 0 Å². The van der Waals surface area contributed by atoms with Crippen molar-refractivity contribution in [1.29, 1.82) is 0 Å². The second kappa shape index (κ2) is 4.60. The number of hydrogen-bond donors (Lipinski definition) is 0. The number of hydrogen-bond acceptors (Lipinski definition) is 1. The molecule has 1 aliphatic rings. The number of fused-ring (bicyclic) bond motifs is 3. The first-order valence-corrected chi connectivity index (χ1v) is 7.45. The van der Waals surface area contributed by atoms with Crippen molar-refractivity contribution in [3.63, 3.8) is 0 Å². The average Bonchev–Trinajstić information content (AvgIpc) is 2.92. The van der Waals surface area contributed by atoms with Gasteiger partial charge in [-0.15, -0.1) is 0 Å². The zero-order valence-corrected chi connectivity index (χ0v) is 11.8. The zero-order valence-electron chi connectivity index (χ0n) is 11.8. The molecule has 0 aliphatic carbocycles. The maximum absolute atomic E-state index is 2.50. The van der Waals surface area contributed by atoms with Crippen LogP contribution in [0.15, 0.2) is 54.6 Å². The fourth-order valence-corrected chi connectivity index (χ4v) is 3.66. The van der Waals surface area contributed by atoms with E-state index in [1.54, 1.807) is 0 Å². The van der Waals surface area contributed by atoms with Gasteiger partial charge in [-0.3, -0.25) is 4.90 Å². The van der Waals surface area contributed by atoms with Crippen LogP contribution in [0.4, 0.5) is 0 Å². The lowest BCUT2D eigenvalue weighted by atomic mass is 9.92. The molecule has 0 N–H and O–H groups in total. The molecule has 1 unspecified atom stereocenters. The molecule has 20 heavy (non-hydrogen) atoms. The molecule has 0 amide bonds. The van der Waals surface area contributed by atoms with Gasteiger partial charge in [0.25, 0.3) is 0 Å². The normalized spacial score (nSPS) is 19.9. The van der Waals surface area contributed by atoms with Gasteiger partial charge in [-0.05, 0) is 59.6 Å². The second-order valence-electron chi connectivity index (χ2n) is 5.87. The van der Waals surface area contributed by atoms with E-state index in [-0.39, 0.29) is 0 Å². The smallest absolute Gasteiger partial charge is 0.0351 e. The molecule has 1 fully saturated rings. The number of nitrogens with zero attached hydrogens (tertiary/aromatic N) is 1. The highest BCUT2D eigenvalue weighted by Gasteiger charge is 2.24. The Morgan fingerprint density at radius 3 is 2.35 bits per heavy atom. The predicted octanol–water partition coefficient (Wildman–Crippen LogP) is 4.76. The van der Waals surface area contributed by atoms with Gasteiger partial charge in [-0.25, -0.2) is 0 Å². The zero-order chi connectivity index (χ0) is 13.5. The molecule has 1 aliphatic heterocycles. The highest BCUT2D eigenvalue weighted by molar-refractivity contribution is 6.09. The van der Waals surface area contributed by atoms with Crippen molar-refractivity contribution >= 4 is 21.5 Å². The first-order chi connectivity index (χ1) is 9.84. The third kappa shape index (κ3) is 1.74. The highest BCUT2D eigenvalue weighted by atomic mass is 15.1. The van der Waals surface area contributed by atoms with Gasteiger partial charge in [0.1, 0.15) is 0 Å². The molecule has 100 valence electrons. The topological polar surface area (TPSA) is 3.24 Å². The SMILES string of the molecule is CN1CCCC1c1cc2ccccc2c2ccccc12. The lowest BCUT2D eigenvalue weighted by Gasteiger charge is -2.22. The van der Waals surface area contributed by atoms with Crippen molar-refractivity contribution in [3.05, 3.63) is 60.2 Å². The number of benzene rings is 3. The van der Waals surface area contributed by atoms with Crippen LogP contribution in [-0.4, -0.2) is 18.5 Å². The van der Waals surface area contributed by atoms with E-state index in [4.69, 9.17) is 0 Å². The summed E-state index contributed by atoms with van der Waals surface area (Å²) in [5, 5.41) is 5.54. The van der Waals surface area contributed by atoms with Crippen molar-refractivity contribution in [2.45, 2.75) is 18.9 Å². The van der Waals surface area contributed by atoms with Crippen LogP contribution >= 0.6 is 0 Å². The van der Waals surface area contributed by atoms with Crippen LogP contribution in [0.25, 0.3) is 21.5 Å². The molecule has 1 heterocycles. The van der Waals surface area contributed by atoms with Crippen LogP contribution in [0.3, 0.4) is 0 Å². The standard InChI is InChI=1S/C19H19N/c1-20-12-6-11-19(20)18-13-14-7-2-3-8-15(14)16-9-4-5-10-17(16)18/h2-5,7-10,13,19H,6,11-12H2,1H3. The van der Waals surface area contributed by atoms with Gasteiger partial charge in [0, 0.05) is 6.04 Å². The summed E-state index contributed by atoms with van der Waals surface area (Å²) in [5.74, 6) is 0. The molecule has 1 nitrogen and oxygen atoms in total. The Kier molecular flexibility index (Phi) is 2.75. The van der Waals surface area contributed by atoms with E-state index < -0.39 is 0 Å². The van der Waals surface area contributed by atoms with Gasteiger partial charge >= 0.3 is 0 Å². The van der Waals surface area contributed by atoms with Gasteiger partial charge in [0.2, 0.25) is 0 Å². The Morgan fingerprint density at radius 2 is 1.60 bits per heavy atom. The van der Waals surface area contributed by atoms with Gasteiger partial charge in [-0.1, -0.05) is 48.5 Å². The quantitative estimate of drug-likeness (QED) is 0.571. The Labute approximate surface area is 119 Å². The molecule has 0 aromatic heterocycles. The first-order valence-electron chi connectivity index (χ1n) is 7.45. The molecule has 0 radical (unpaired) electrons. The van der Waals surface area contributed by atoms with Crippen molar-refractivity contribution in [2.24, 2.45) is 0 Å². The van der Waals surface area contributed by atoms with E-state index in [0.29, 0.717) is 6.04 Å². The summed E-state index contributed by atoms with van der Waals surface area (Å²) >= 11 is 0. The molecule has 4 rings (SSSR count). The summed E-state index contributed by atoms with van der Waals surface area (Å²) in [6, 6.07) is 20.6. The lowest BCUT2D eigenvalue weighted by Crippen LogP contribution is -2.17. The predicted molar refractivity (Wildman–Crippen MR) is 86.1 cm³/mol. The molecular weight excluding hydrogens is 242 g/mol. The van der Waals surface area contributed by atoms with Crippen LogP contribution < -0.4 is 0 Å². The monoisotopic (exact) mass is 261 g/mol. The Morgan fingerprint density at radius 1 is 0.900 bits per heavy atom. The summed E-state index contributed by atoms with van der Waals surface area (Å²) in [7, 11) is 2.25. The van der Waals surface area contributed by atoms with Crippen LogP contribution in [0.1, 0.15) is 24.4 Å². The molecule has 0 spiro atoms. The van der Waals surface area contributed by atoms with Gasteiger partial charge in [0.15, 0.2) is 0 Å². The number of likely N-dealkylation sites (tertiary alicyclic amines) is 1. The molecule has 1 saturated heterocycles. The molecule has 0 saturated carbocycles. The van der Waals surface area contributed by atoms with Crippen molar-refractivity contribution in [1.82, 2.24) is 4.90 Å². The highest BCUT2D eigenvalue weighted by Crippen LogP contribution is 2.38. The van der Waals surface area contributed by atoms with Crippen molar-refractivity contribution < 1.29 is 0 Å². The van der Waals surface area contributed by atoms with E-state index in [9.17, 15) is 0 Å². The molecule has 1 atom stereocenters. The summed E-state index contributed by atoms with van der Waals surface area (Å²) < 4.78 is 0. The average molecular weight is 261 g/mol. The fourth-order valence-electron chi connectivity index (χ4n) is 3.66. The Balaban J connectivity index is 2.07. The third-order valence-electron chi connectivity index (χ3n) is 4.68. The lowest BCUT2D eigenvalue weighted by molar-refractivity contribution is 0.319. The van der Waals surface area contributed by atoms with E-state index in [1.807, 2.05) is 0 Å². The molecule has 3 aromatic carbocycles. The van der Waals surface area contributed by atoms with Crippen LogP contribution in [-0.2, 0) is 0 Å². The third-order valence-corrected chi connectivity index (χ3v) is 4.68. The Hall–Kier alpha value is -1.86. The summed E-state index contributed by atoms with van der Waals surface area (Å²) in [6.45, 7) is 1.21. The fraction of sp³-hybridized carbons (Fsp3) is 0.263. The first kappa shape index (κ1) is 11.9. The van der Waals surface area contributed by atoms with E-state index >= 15 is 0 Å². The minimum absolute atomic E-state index is 0.574. The van der Waals surface area contributed by atoms with E-state index in [2.05, 4.69) is 66.5 Å². The van der Waals surface area contributed by atoms with E-state index in [1.165, 1.54) is 46.5 Å². The summed E-state index contributed by atoms with van der Waals surface area (Å²) in [6.07, 6.45) is 2.58. The minimum atomic E-state index is 0.574. The van der Waals surface area contributed by atoms with Gasteiger partial charge in [0.05, 0.1) is 0 Å². The van der Waals surface area contributed by atoms with Crippen LogP contribution in [0.2, 0.25) is 0 Å². The maximum Gasteiger partial charge on any atom is 0.0351 e. The molecular formula is C19H19N. The van der Waals surface area contributed by atoms with Crippen LogP contribution in [0.5, 0.6) is 0 Å². The molecule has 3 aromatic rings. The largest absolute Gasteiger partial charge is 0.299 e. The Bertz CT molecular complexity index is 775. The number of rotatable bonds is 1. The molecule has 0 bridgehead atoms.